The van der Waals surface area contributed by atoms with Gasteiger partial charge in [-0.1, -0.05) is 23.2 Å². The van der Waals surface area contributed by atoms with Gasteiger partial charge in [-0.05, 0) is 12.1 Å². The molecule has 0 radical (unpaired) electrons. The van der Waals surface area contributed by atoms with Crippen molar-refractivity contribution in [2.75, 3.05) is 13.1 Å². The molecular weight excluding hydrogens is 336 g/mol. The molecule has 1 aromatic rings. The Morgan fingerprint density at radius 1 is 1.35 bits per heavy atom. The van der Waals surface area contributed by atoms with Crippen molar-refractivity contribution in [3.8, 4) is 0 Å². The van der Waals surface area contributed by atoms with Crippen molar-refractivity contribution in [1.82, 2.24) is 10.4 Å². The summed E-state index contributed by atoms with van der Waals surface area (Å²) in [6.45, 7) is 1.00. The molecule has 0 aliphatic carbocycles. The number of hydroxylamine groups is 2. The Balaban J connectivity index is 0.00000144. The van der Waals surface area contributed by atoms with Crippen molar-refractivity contribution in [3.63, 3.8) is 0 Å². The highest BCUT2D eigenvalue weighted by Gasteiger charge is 2.17. The molecule has 4 nitrogen and oxygen atoms in total. The van der Waals surface area contributed by atoms with Gasteiger partial charge in [-0.25, -0.2) is 14.4 Å². The number of guanidine groups is 1. The molecule has 1 aliphatic heterocycles. The smallest absolute Gasteiger partial charge is 0.223 e. The van der Waals surface area contributed by atoms with Crippen molar-refractivity contribution in [2.45, 2.75) is 0 Å². The number of nitrogens with zero attached hydrogens (tertiary/aromatic N) is 2. The summed E-state index contributed by atoms with van der Waals surface area (Å²) in [6.07, 6.45) is 0. The zero-order valence-corrected chi connectivity index (χ0v) is 11.7. The third-order valence-electron chi connectivity index (χ3n) is 2.05. The molecule has 0 saturated carbocycles. The van der Waals surface area contributed by atoms with Gasteiger partial charge in [-0.15, -0.1) is 17.0 Å². The van der Waals surface area contributed by atoms with Crippen LogP contribution in [0.25, 0.3) is 0 Å². The topological polar surface area (TPSA) is 47.9 Å². The fourth-order valence-electron chi connectivity index (χ4n) is 1.32. The molecule has 2 N–H and O–H groups in total. The maximum absolute atomic E-state index is 12.9. The first-order chi connectivity index (χ1) is 7.58. The lowest BCUT2D eigenvalue weighted by atomic mass is 10.3. The van der Waals surface area contributed by atoms with Crippen molar-refractivity contribution in [1.29, 1.82) is 0 Å². The number of nitrogens with one attached hydrogen (secondary N) is 1. The van der Waals surface area contributed by atoms with Gasteiger partial charge in [-0.2, -0.15) is 0 Å². The summed E-state index contributed by atoms with van der Waals surface area (Å²) in [5, 5.41) is 13.3. The summed E-state index contributed by atoms with van der Waals surface area (Å²) in [6, 6.07) is 2.23. The van der Waals surface area contributed by atoms with Crippen LogP contribution in [0.3, 0.4) is 0 Å². The van der Waals surface area contributed by atoms with E-state index in [4.69, 9.17) is 23.2 Å². The zero-order valence-electron chi connectivity index (χ0n) is 8.45. The fourth-order valence-corrected chi connectivity index (χ4v) is 1.86. The highest BCUT2D eigenvalue weighted by Crippen LogP contribution is 2.34. The molecule has 0 aromatic heterocycles. The summed E-state index contributed by atoms with van der Waals surface area (Å²) >= 11 is 11.6. The molecule has 0 spiro atoms. The molecule has 1 aromatic carbocycles. The van der Waals surface area contributed by atoms with Crippen LogP contribution in [-0.2, 0) is 0 Å². The Morgan fingerprint density at radius 3 is 2.41 bits per heavy atom. The highest BCUT2D eigenvalue weighted by atomic mass is 79.9. The lowest BCUT2D eigenvalue weighted by molar-refractivity contribution is -0.00126. The van der Waals surface area contributed by atoms with Gasteiger partial charge in [0.25, 0.3) is 0 Å². The monoisotopic (exact) mass is 343 g/mol. The van der Waals surface area contributed by atoms with Crippen molar-refractivity contribution in [3.05, 3.63) is 28.0 Å². The predicted octanol–water partition coefficient (Wildman–Crippen LogP) is 2.99. The molecule has 94 valence electrons. The van der Waals surface area contributed by atoms with Crippen LogP contribution < -0.4 is 5.32 Å². The van der Waals surface area contributed by atoms with E-state index in [0.717, 1.165) is 17.2 Å². The predicted molar refractivity (Wildman–Crippen MR) is 70.3 cm³/mol. The highest BCUT2D eigenvalue weighted by molar-refractivity contribution is 8.93. The zero-order chi connectivity index (χ0) is 11.7. The minimum Gasteiger partial charge on any atom is -0.352 e. The van der Waals surface area contributed by atoms with Gasteiger partial charge in [0.05, 0.1) is 16.6 Å². The van der Waals surface area contributed by atoms with E-state index in [1.54, 1.807) is 0 Å². The second kappa shape index (κ2) is 5.86. The first kappa shape index (κ1) is 14.5. The average Bonchev–Trinajstić information content (AvgIpc) is 2.57. The minimum atomic E-state index is -0.529. The molecule has 1 aliphatic rings. The molecule has 1 saturated heterocycles. The van der Waals surface area contributed by atoms with Crippen molar-refractivity contribution >= 4 is 51.8 Å². The van der Waals surface area contributed by atoms with Crippen LogP contribution in [-0.4, -0.2) is 29.3 Å². The van der Waals surface area contributed by atoms with Gasteiger partial charge in [0.2, 0.25) is 5.96 Å². The largest absolute Gasteiger partial charge is 0.352 e. The van der Waals surface area contributed by atoms with Crippen LogP contribution >= 0.6 is 40.2 Å². The molecule has 1 fully saturated rings. The normalized spacial score (nSPS) is 16.9. The van der Waals surface area contributed by atoms with Crippen LogP contribution in [0.4, 0.5) is 10.1 Å². The van der Waals surface area contributed by atoms with Crippen LogP contribution in [0.1, 0.15) is 0 Å². The fraction of sp³-hybridized carbons (Fsp3) is 0.222. The molecule has 2 rings (SSSR count). The van der Waals surface area contributed by atoms with Gasteiger partial charge < -0.3 is 5.32 Å². The van der Waals surface area contributed by atoms with Gasteiger partial charge in [0.15, 0.2) is 0 Å². The first-order valence-corrected chi connectivity index (χ1v) is 5.27. The Bertz CT molecular complexity index is 435. The molecule has 8 heteroatoms. The number of benzene rings is 1. The van der Waals surface area contributed by atoms with E-state index in [1.807, 2.05) is 0 Å². The quantitative estimate of drug-likeness (QED) is 0.823. The molecule has 17 heavy (non-hydrogen) atoms. The van der Waals surface area contributed by atoms with Crippen LogP contribution in [0, 0.1) is 5.82 Å². The summed E-state index contributed by atoms with van der Waals surface area (Å²) < 4.78 is 12.9. The standard InChI is InChI=1S/C9H8Cl2FN3O.BrH/c10-6-3-5(12)4-7(11)8(6)14-9-13-1-2-15(9)16;/h3-4,16H,1-2H2,(H,13,14);1H. The molecule has 0 unspecified atom stereocenters. The van der Waals surface area contributed by atoms with E-state index in [1.165, 1.54) is 0 Å². The van der Waals surface area contributed by atoms with Crippen LogP contribution in [0.2, 0.25) is 10.0 Å². The molecule has 0 bridgehead atoms. The SMILES string of the molecule is Br.ON1CCNC1=Nc1c(Cl)cc(F)cc1Cl. The second-order valence-electron chi connectivity index (χ2n) is 3.20. The number of hydrogen-bond acceptors (Lipinski definition) is 2. The van der Waals surface area contributed by atoms with E-state index in [-0.39, 0.29) is 38.7 Å². The van der Waals surface area contributed by atoms with Gasteiger partial charge >= 0.3 is 0 Å². The summed E-state index contributed by atoms with van der Waals surface area (Å²) in [7, 11) is 0. The average molecular weight is 345 g/mol. The summed E-state index contributed by atoms with van der Waals surface area (Å²) in [4.78, 5) is 4.03. The summed E-state index contributed by atoms with van der Waals surface area (Å²) in [5.41, 5.74) is 0.230. The number of aliphatic imine (C=N–C) groups is 1. The second-order valence-corrected chi connectivity index (χ2v) is 4.02. The lowest BCUT2D eigenvalue weighted by Crippen LogP contribution is -2.26. The van der Waals surface area contributed by atoms with Crippen molar-refractivity contribution < 1.29 is 9.60 Å². The van der Waals surface area contributed by atoms with Crippen LogP contribution in [0.5, 0.6) is 0 Å². The van der Waals surface area contributed by atoms with E-state index < -0.39 is 5.82 Å². The third kappa shape index (κ3) is 3.22. The Morgan fingerprint density at radius 2 is 1.94 bits per heavy atom. The number of rotatable bonds is 1. The molecule has 0 amide bonds. The Kier molecular flexibility index (Phi) is 5.00. The minimum absolute atomic E-state index is 0. The Hall–Kier alpha value is -0.560. The number of halogens is 4. The van der Waals surface area contributed by atoms with Crippen LogP contribution in [0.15, 0.2) is 17.1 Å². The van der Waals surface area contributed by atoms with Crippen molar-refractivity contribution in [2.24, 2.45) is 4.99 Å². The summed E-state index contributed by atoms with van der Waals surface area (Å²) in [5.74, 6) is -0.283. The van der Waals surface area contributed by atoms with E-state index in [0.29, 0.717) is 13.1 Å². The Labute approximate surface area is 118 Å². The van der Waals surface area contributed by atoms with E-state index in [9.17, 15) is 9.60 Å². The van der Waals surface area contributed by atoms with E-state index >= 15 is 0 Å². The molecule has 1 heterocycles. The molecular formula is C9H9BrCl2FN3O. The first-order valence-electron chi connectivity index (χ1n) is 4.51. The maximum Gasteiger partial charge on any atom is 0.223 e. The molecule has 0 atom stereocenters. The third-order valence-corrected chi connectivity index (χ3v) is 2.63. The van der Waals surface area contributed by atoms with Gasteiger partial charge in [0, 0.05) is 6.54 Å². The lowest BCUT2D eigenvalue weighted by Gasteiger charge is -2.09. The maximum atomic E-state index is 12.9. The van der Waals surface area contributed by atoms with Gasteiger partial charge in [-0.3, -0.25) is 5.21 Å². The number of hydrogen-bond donors (Lipinski definition) is 2. The van der Waals surface area contributed by atoms with Gasteiger partial charge in [0.1, 0.15) is 11.5 Å². The van der Waals surface area contributed by atoms with E-state index in [2.05, 4.69) is 10.3 Å².